The predicted molar refractivity (Wildman–Crippen MR) is 71.4 cm³/mol. The molecule has 1 aromatic carbocycles. The molecule has 1 rings (SSSR count). The molecule has 0 spiro atoms. The van der Waals surface area contributed by atoms with Gasteiger partial charge < -0.3 is 16.0 Å². The van der Waals surface area contributed by atoms with Gasteiger partial charge in [0, 0.05) is 25.8 Å². The van der Waals surface area contributed by atoms with Crippen LogP contribution < -0.4 is 16.0 Å². The average molecular weight is 249 g/mol. The molecule has 98 valence electrons. The van der Waals surface area contributed by atoms with E-state index in [1.54, 1.807) is 7.05 Å². The van der Waals surface area contributed by atoms with Crippen LogP contribution in [-0.2, 0) is 9.59 Å². The quantitative estimate of drug-likeness (QED) is 0.759. The number of aryl methyl sites for hydroxylation is 2. The van der Waals surface area contributed by atoms with E-state index in [1.165, 1.54) is 4.90 Å². The van der Waals surface area contributed by atoms with Crippen molar-refractivity contribution in [2.24, 2.45) is 5.73 Å². The van der Waals surface area contributed by atoms with Crippen molar-refractivity contribution in [3.63, 3.8) is 0 Å². The second kappa shape index (κ2) is 6.16. The van der Waals surface area contributed by atoms with Gasteiger partial charge in [-0.05, 0) is 25.5 Å². The fourth-order valence-corrected chi connectivity index (χ4v) is 1.70. The Morgan fingerprint density at radius 1 is 1.33 bits per heavy atom. The highest BCUT2D eigenvalue weighted by Crippen LogP contribution is 2.19. The van der Waals surface area contributed by atoms with Crippen molar-refractivity contribution in [3.05, 3.63) is 29.3 Å². The van der Waals surface area contributed by atoms with Gasteiger partial charge in [-0.2, -0.15) is 0 Å². The molecule has 0 aromatic heterocycles. The minimum Gasteiger partial charge on any atom is -0.347 e. The molecule has 5 nitrogen and oxygen atoms in total. The molecule has 0 radical (unpaired) electrons. The molecule has 3 N–H and O–H groups in total. The molecule has 2 amide bonds. The van der Waals surface area contributed by atoms with Crippen LogP contribution in [0.25, 0.3) is 0 Å². The van der Waals surface area contributed by atoms with Gasteiger partial charge in [0.05, 0.1) is 0 Å². The minimum atomic E-state index is -0.636. The Morgan fingerprint density at radius 3 is 2.56 bits per heavy atom. The molecule has 5 heteroatoms. The van der Waals surface area contributed by atoms with E-state index in [0.29, 0.717) is 13.1 Å². The number of nitrogens with two attached hydrogens (primary N) is 1. The number of carbonyl (C=O) groups is 2. The molecule has 0 saturated heterocycles. The molecule has 0 unspecified atom stereocenters. The van der Waals surface area contributed by atoms with Gasteiger partial charge in [-0.15, -0.1) is 0 Å². The summed E-state index contributed by atoms with van der Waals surface area (Å²) < 4.78 is 0. The molecule has 0 heterocycles. The Morgan fingerprint density at radius 2 is 2.00 bits per heavy atom. The summed E-state index contributed by atoms with van der Waals surface area (Å²) in [4.78, 5) is 24.7. The van der Waals surface area contributed by atoms with Crippen molar-refractivity contribution >= 4 is 17.5 Å². The zero-order valence-corrected chi connectivity index (χ0v) is 11.0. The maximum Gasteiger partial charge on any atom is 0.316 e. The van der Waals surface area contributed by atoms with Crippen molar-refractivity contribution in [1.82, 2.24) is 5.32 Å². The SMILES string of the molecule is Cc1ccc(N(C)C(=O)C(=O)NCCN)c(C)c1. The first-order valence-electron chi connectivity index (χ1n) is 5.80. The van der Waals surface area contributed by atoms with Crippen LogP contribution in [0, 0.1) is 13.8 Å². The number of hydrogen-bond acceptors (Lipinski definition) is 3. The number of likely N-dealkylation sites (N-methyl/N-ethyl adjacent to an activating group) is 1. The van der Waals surface area contributed by atoms with Crippen LogP contribution in [0.3, 0.4) is 0 Å². The number of amides is 2. The molecule has 0 aliphatic heterocycles. The number of rotatable bonds is 3. The lowest BCUT2D eigenvalue weighted by atomic mass is 10.1. The maximum absolute atomic E-state index is 11.9. The van der Waals surface area contributed by atoms with Crippen molar-refractivity contribution in [2.75, 3.05) is 25.0 Å². The van der Waals surface area contributed by atoms with Crippen LogP contribution in [0.4, 0.5) is 5.69 Å². The van der Waals surface area contributed by atoms with Crippen molar-refractivity contribution in [1.29, 1.82) is 0 Å². The molecule has 0 aliphatic carbocycles. The first-order valence-corrected chi connectivity index (χ1v) is 5.80. The number of hydrogen-bond donors (Lipinski definition) is 2. The van der Waals surface area contributed by atoms with E-state index >= 15 is 0 Å². The van der Waals surface area contributed by atoms with Crippen LogP contribution >= 0.6 is 0 Å². The normalized spacial score (nSPS) is 10.0. The molecule has 18 heavy (non-hydrogen) atoms. The Labute approximate surface area is 107 Å². The van der Waals surface area contributed by atoms with Gasteiger partial charge >= 0.3 is 11.8 Å². The van der Waals surface area contributed by atoms with Crippen LogP contribution in [-0.4, -0.2) is 32.0 Å². The largest absolute Gasteiger partial charge is 0.347 e. The van der Waals surface area contributed by atoms with Crippen molar-refractivity contribution in [3.8, 4) is 0 Å². The zero-order chi connectivity index (χ0) is 13.7. The summed E-state index contributed by atoms with van der Waals surface area (Å²) in [5.41, 5.74) is 8.07. The van der Waals surface area contributed by atoms with E-state index in [1.807, 2.05) is 32.0 Å². The topological polar surface area (TPSA) is 75.4 Å². The van der Waals surface area contributed by atoms with E-state index in [2.05, 4.69) is 5.32 Å². The second-order valence-corrected chi connectivity index (χ2v) is 4.20. The van der Waals surface area contributed by atoms with Crippen LogP contribution in [0.2, 0.25) is 0 Å². The highest BCUT2D eigenvalue weighted by atomic mass is 16.2. The number of carbonyl (C=O) groups excluding carboxylic acids is 2. The van der Waals surface area contributed by atoms with E-state index in [-0.39, 0.29) is 0 Å². The molecular weight excluding hydrogens is 230 g/mol. The van der Waals surface area contributed by atoms with E-state index in [0.717, 1.165) is 16.8 Å². The zero-order valence-electron chi connectivity index (χ0n) is 11.0. The molecule has 1 aromatic rings. The molecule has 0 aliphatic rings. The van der Waals surface area contributed by atoms with Crippen LogP contribution in [0.15, 0.2) is 18.2 Å². The predicted octanol–water partition coefficient (Wildman–Crippen LogP) is 0.341. The smallest absolute Gasteiger partial charge is 0.316 e. The van der Waals surface area contributed by atoms with Crippen LogP contribution in [0.5, 0.6) is 0 Å². The van der Waals surface area contributed by atoms with E-state index in [9.17, 15) is 9.59 Å². The number of anilines is 1. The minimum absolute atomic E-state index is 0.297. The molecule has 0 fully saturated rings. The van der Waals surface area contributed by atoms with E-state index < -0.39 is 11.8 Å². The summed E-state index contributed by atoms with van der Waals surface area (Å²) in [5, 5.41) is 2.46. The molecular formula is C13H19N3O2. The summed E-state index contributed by atoms with van der Waals surface area (Å²) >= 11 is 0. The third-order valence-corrected chi connectivity index (χ3v) is 2.64. The lowest BCUT2D eigenvalue weighted by Gasteiger charge is -2.19. The van der Waals surface area contributed by atoms with Gasteiger partial charge in [-0.1, -0.05) is 17.7 Å². The molecule has 0 saturated carbocycles. The first kappa shape index (κ1) is 14.2. The summed E-state index contributed by atoms with van der Waals surface area (Å²) in [6.07, 6.45) is 0. The standard InChI is InChI=1S/C13H19N3O2/c1-9-4-5-11(10(2)8-9)16(3)13(18)12(17)15-7-6-14/h4-5,8H,6-7,14H2,1-3H3,(H,15,17). The fraction of sp³-hybridized carbons (Fsp3) is 0.385. The lowest BCUT2D eigenvalue weighted by Crippen LogP contribution is -2.42. The third-order valence-electron chi connectivity index (χ3n) is 2.64. The highest BCUT2D eigenvalue weighted by Gasteiger charge is 2.20. The van der Waals surface area contributed by atoms with Gasteiger partial charge in [-0.25, -0.2) is 0 Å². The number of nitrogens with one attached hydrogen (secondary N) is 1. The average Bonchev–Trinajstić information content (AvgIpc) is 2.34. The molecule has 0 bridgehead atoms. The third kappa shape index (κ3) is 3.30. The Hall–Kier alpha value is -1.88. The summed E-state index contributed by atoms with van der Waals surface area (Å²) in [6, 6.07) is 5.71. The fourth-order valence-electron chi connectivity index (χ4n) is 1.70. The Balaban J connectivity index is 2.83. The second-order valence-electron chi connectivity index (χ2n) is 4.20. The summed E-state index contributed by atoms with van der Waals surface area (Å²) in [6.45, 7) is 4.49. The summed E-state index contributed by atoms with van der Waals surface area (Å²) in [5.74, 6) is -1.22. The van der Waals surface area contributed by atoms with Gasteiger partial charge in [0.25, 0.3) is 0 Å². The lowest BCUT2D eigenvalue weighted by molar-refractivity contribution is -0.137. The summed E-state index contributed by atoms with van der Waals surface area (Å²) in [7, 11) is 1.59. The number of benzene rings is 1. The monoisotopic (exact) mass is 249 g/mol. The highest BCUT2D eigenvalue weighted by molar-refractivity contribution is 6.40. The van der Waals surface area contributed by atoms with E-state index in [4.69, 9.17) is 5.73 Å². The Kier molecular flexibility index (Phi) is 4.85. The first-order chi connectivity index (χ1) is 8.47. The number of nitrogens with zero attached hydrogens (tertiary/aromatic N) is 1. The maximum atomic E-state index is 11.9. The van der Waals surface area contributed by atoms with Crippen molar-refractivity contribution < 1.29 is 9.59 Å². The Bertz CT molecular complexity index is 458. The van der Waals surface area contributed by atoms with Gasteiger partial charge in [0.1, 0.15) is 0 Å². The van der Waals surface area contributed by atoms with Gasteiger partial charge in [0.2, 0.25) is 0 Å². The van der Waals surface area contributed by atoms with Gasteiger partial charge in [0.15, 0.2) is 0 Å². The molecule has 0 atom stereocenters. The van der Waals surface area contributed by atoms with Crippen LogP contribution in [0.1, 0.15) is 11.1 Å². The van der Waals surface area contributed by atoms with Gasteiger partial charge in [-0.3, -0.25) is 9.59 Å². The van der Waals surface area contributed by atoms with Crippen molar-refractivity contribution in [2.45, 2.75) is 13.8 Å².